The summed E-state index contributed by atoms with van der Waals surface area (Å²) in [6, 6.07) is 14.4. The van der Waals surface area contributed by atoms with Crippen molar-refractivity contribution in [3.63, 3.8) is 0 Å². The van der Waals surface area contributed by atoms with Crippen molar-refractivity contribution in [3.8, 4) is 5.75 Å². The highest BCUT2D eigenvalue weighted by Crippen LogP contribution is 2.36. The van der Waals surface area contributed by atoms with E-state index in [2.05, 4.69) is 26.0 Å². The van der Waals surface area contributed by atoms with Crippen LogP contribution in [0, 0.1) is 13.8 Å². The fourth-order valence-electron chi connectivity index (χ4n) is 2.85. The zero-order valence-electron chi connectivity index (χ0n) is 17.1. The molecule has 0 saturated carbocycles. The van der Waals surface area contributed by atoms with Crippen LogP contribution in [0.2, 0.25) is 10.0 Å². The highest BCUT2D eigenvalue weighted by atomic mass is 79.9. The number of sulfonamides is 1. The number of carbonyl (C=O) groups excluding carboxylic acids is 1. The molecule has 32 heavy (non-hydrogen) atoms. The number of benzene rings is 3. The average Bonchev–Trinajstić information content (AvgIpc) is 2.69. The number of halogens is 3. The summed E-state index contributed by atoms with van der Waals surface area (Å²) in [4.78, 5) is 12.3. The van der Waals surface area contributed by atoms with Crippen molar-refractivity contribution in [1.29, 1.82) is 0 Å². The van der Waals surface area contributed by atoms with Gasteiger partial charge in [0.25, 0.3) is 15.9 Å². The molecule has 2 N–H and O–H groups in total. The molecule has 1 amide bonds. The van der Waals surface area contributed by atoms with Gasteiger partial charge in [-0.15, -0.1) is 0 Å². The highest BCUT2D eigenvalue weighted by Gasteiger charge is 2.16. The van der Waals surface area contributed by atoms with Crippen LogP contribution in [0.3, 0.4) is 0 Å². The van der Waals surface area contributed by atoms with Crippen molar-refractivity contribution in [1.82, 2.24) is 0 Å². The van der Waals surface area contributed by atoms with E-state index in [9.17, 15) is 13.2 Å². The summed E-state index contributed by atoms with van der Waals surface area (Å²) in [5.74, 6) is -0.142. The molecule has 0 radical (unpaired) electrons. The van der Waals surface area contributed by atoms with Gasteiger partial charge in [0.1, 0.15) is 0 Å². The number of hydrogen-bond acceptors (Lipinski definition) is 4. The fraction of sp³-hybridized carbons (Fsp3) is 0.136. The predicted octanol–water partition coefficient (Wildman–Crippen LogP) is 6.19. The molecule has 3 aromatic carbocycles. The topological polar surface area (TPSA) is 84.5 Å². The van der Waals surface area contributed by atoms with Crippen molar-refractivity contribution in [2.75, 3.05) is 16.6 Å². The Balaban J connectivity index is 1.63. The smallest absolute Gasteiger partial charge is 0.262 e. The van der Waals surface area contributed by atoms with Gasteiger partial charge >= 0.3 is 0 Å². The van der Waals surface area contributed by atoms with Crippen molar-refractivity contribution in [3.05, 3.63) is 80.2 Å². The zero-order valence-corrected chi connectivity index (χ0v) is 21.0. The Kier molecular flexibility index (Phi) is 7.71. The maximum atomic E-state index is 12.7. The van der Waals surface area contributed by atoms with E-state index >= 15 is 0 Å². The van der Waals surface area contributed by atoms with Crippen LogP contribution in [0.15, 0.2) is 64.0 Å². The number of nitrogens with one attached hydrogen (secondary N) is 2. The summed E-state index contributed by atoms with van der Waals surface area (Å²) in [6.07, 6.45) is 0. The maximum absolute atomic E-state index is 12.7. The molecule has 0 saturated heterocycles. The van der Waals surface area contributed by atoms with Gasteiger partial charge < -0.3 is 10.1 Å². The van der Waals surface area contributed by atoms with E-state index in [-0.39, 0.29) is 16.5 Å². The molecule has 6 nitrogen and oxygen atoms in total. The first-order valence-corrected chi connectivity index (χ1v) is 12.4. The van der Waals surface area contributed by atoms with Crippen molar-refractivity contribution >= 4 is 66.4 Å². The maximum Gasteiger partial charge on any atom is 0.262 e. The van der Waals surface area contributed by atoms with E-state index in [1.165, 1.54) is 30.3 Å². The third-order valence-electron chi connectivity index (χ3n) is 4.39. The summed E-state index contributed by atoms with van der Waals surface area (Å²) < 4.78 is 33.9. The molecule has 0 aliphatic rings. The van der Waals surface area contributed by atoms with E-state index in [0.29, 0.717) is 26.6 Å². The van der Waals surface area contributed by atoms with Crippen LogP contribution < -0.4 is 14.8 Å². The molecule has 3 rings (SSSR count). The second kappa shape index (κ2) is 10.1. The van der Waals surface area contributed by atoms with Crippen molar-refractivity contribution in [2.45, 2.75) is 18.7 Å². The third kappa shape index (κ3) is 6.16. The Labute approximate surface area is 205 Å². The summed E-state index contributed by atoms with van der Waals surface area (Å²) >= 11 is 15.3. The molecule has 0 unspecified atom stereocenters. The lowest BCUT2D eigenvalue weighted by molar-refractivity contribution is -0.118. The summed E-state index contributed by atoms with van der Waals surface area (Å²) in [7, 11) is -3.77. The third-order valence-corrected chi connectivity index (χ3v) is 6.85. The van der Waals surface area contributed by atoms with Gasteiger partial charge in [0, 0.05) is 10.7 Å². The molecule has 3 aromatic rings. The standard InChI is InChI=1S/C22H19BrCl2N2O4S/c1-13-3-8-20(14(2)9-13)27-32(29,30)17-6-4-16(5-7-17)26-21(28)12-31-22-18(23)10-15(24)11-19(22)25/h3-11,27H,12H2,1-2H3,(H,26,28). The van der Waals surface area contributed by atoms with Gasteiger partial charge in [0.2, 0.25) is 0 Å². The van der Waals surface area contributed by atoms with Crippen LogP contribution in [-0.2, 0) is 14.8 Å². The van der Waals surface area contributed by atoms with E-state index in [1.807, 2.05) is 26.0 Å². The molecule has 0 aromatic heterocycles. The highest BCUT2D eigenvalue weighted by molar-refractivity contribution is 9.10. The van der Waals surface area contributed by atoms with E-state index in [4.69, 9.17) is 27.9 Å². The van der Waals surface area contributed by atoms with Gasteiger partial charge in [-0.2, -0.15) is 0 Å². The number of rotatable bonds is 7. The lowest BCUT2D eigenvalue weighted by atomic mass is 10.1. The Morgan fingerprint density at radius 3 is 2.34 bits per heavy atom. The van der Waals surface area contributed by atoms with Crippen LogP contribution in [-0.4, -0.2) is 20.9 Å². The minimum absolute atomic E-state index is 0.0728. The second-order valence-electron chi connectivity index (χ2n) is 6.98. The van der Waals surface area contributed by atoms with Crippen LogP contribution in [0.25, 0.3) is 0 Å². The lowest BCUT2D eigenvalue weighted by Crippen LogP contribution is -2.20. The molecular formula is C22H19BrCl2N2O4S. The van der Waals surface area contributed by atoms with Gasteiger partial charge in [-0.25, -0.2) is 8.42 Å². The fourth-order valence-corrected chi connectivity index (χ4v) is 5.35. The first-order valence-electron chi connectivity index (χ1n) is 9.32. The van der Waals surface area contributed by atoms with Gasteiger partial charge in [0.05, 0.1) is 20.1 Å². The molecule has 10 heteroatoms. The number of anilines is 2. The van der Waals surface area contributed by atoms with Crippen molar-refractivity contribution in [2.24, 2.45) is 0 Å². The Hall–Kier alpha value is -2.26. The SMILES string of the molecule is Cc1ccc(NS(=O)(=O)c2ccc(NC(=O)COc3c(Cl)cc(Cl)cc3Br)cc2)c(C)c1. The quantitative estimate of drug-likeness (QED) is 0.362. The Bertz CT molecular complexity index is 1240. The molecule has 0 atom stereocenters. The summed E-state index contributed by atoms with van der Waals surface area (Å²) in [5.41, 5.74) is 2.80. The van der Waals surface area contributed by atoms with Gasteiger partial charge in [0.15, 0.2) is 12.4 Å². The molecule has 0 aliphatic carbocycles. The number of carbonyl (C=O) groups is 1. The van der Waals surface area contributed by atoms with E-state index < -0.39 is 15.9 Å². The number of ether oxygens (including phenoxy) is 1. The average molecular weight is 558 g/mol. The van der Waals surface area contributed by atoms with Crippen LogP contribution in [0.1, 0.15) is 11.1 Å². The normalized spacial score (nSPS) is 11.2. The summed E-state index contributed by atoms with van der Waals surface area (Å²) in [5, 5.41) is 3.34. The predicted molar refractivity (Wildman–Crippen MR) is 131 cm³/mol. The molecule has 0 fully saturated rings. The molecule has 168 valence electrons. The van der Waals surface area contributed by atoms with Crippen LogP contribution in [0.5, 0.6) is 5.75 Å². The molecule has 0 bridgehead atoms. The minimum Gasteiger partial charge on any atom is -0.481 e. The van der Waals surface area contributed by atoms with Gasteiger partial charge in [-0.1, -0.05) is 40.9 Å². The van der Waals surface area contributed by atoms with Crippen LogP contribution in [0.4, 0.5) is 11.4 Å². The minimum atomic E-state index is -3.77. The number of hydrogen-bond donors (Lipinski definition) is 2. The molecule has 0 heterocycles. The molecular weight excluding hydrogens is 539 g/mol. The molecule has 0 aliphatic heterocycles. The second-order valence-corrected chi connectivity index (χ2v) is 10.4. The monoisotopic (exact) mass is 556 g/mol. The van der Waals surface area contributed by atoms with Gasteiger partial charge in [-0.05, 0) is 77.8 Å². The lowest BCUT2D eigenvalue weighted by Gasteiger charge is -2.12. The number of amides is 1. The Morgan fingerprint density at radius 1 is 1.03 bits per heavy atom. The van der Waals surface area contributed by atoms with E-state index in [1.54, 1.807) is 12.1 Å². The summed E-state index contributed by atoms with van der Waals surface area (Å²) in [6.45, 7) is 3.47. The van der Waals surface area contributed by atoms with Crippen molar-refractivity contribution < 1.29 is 17.9 Å². The Morgan fingerprint density at radius 2 is 1.72 bits per heavy atom. The first kappa shape index (κ1) is 24.4. The van der Waals surface area contributed by atoms with Gasteiger partial charge in [-0.3, -0.25) is 9.52 Å². The molecule has 0 spiro atoms. The largest absolute Gasteiger partial charge is 0.481 e. The first-order chi connectivity index (χ1) is 15.0. The van der Waals surface area contributed by atoms with E-state index in [0.717, 1.165) is 11.1 Å². The van der Waals surface area contributed by atoms with Crippen LogP contribution >= 0.6 is 39.1 Å². The number of aryl methyl sites for hydroxylation is 2. The zero-order chi connectivity index (χ0) is 23.5.